The maximum absolute atomic E-state index is 9.03. The van der Waals surface area contributed by atoms with Gasteiger partial charge in [-0.05, 0) is 12.5 Å². The highest BCUT2D eigenvalue weighted by atomic mass is 35.5. The average Bonchev–Trinajstić information content (AvgIpc) is 2.67. The van der Waals surface area contributed by atoms with Crippen LogP contribution in [0.5, 0.6) is 0 Å². The van der Waals surface area contributed by atoms with Crippen molar-refractivity contribution >= 4 is 17.3 Å². The molecule has 0 amide bonds. The smallest absolute Gasteiger partial charge is 0.0822 e. The molecule has 1 aromatic heterocycles. The molecule has 76 valence electrons. The molecule has 1 N–H and O–H groups in total. The molecule has 3 nitrogen and oxygen atoms in total. The maximum Gasteiger partial charge on any atom is 0.0822 e. The summed E-state index contributed by atoms with van der Waals surface area (Å²) in [6.45, 7) is 2.12. The Kier molecular flexibility index (Phi) is 2.89. The highest BCUT2D eigenvalue weighted by molar-refractivity contribution is 6.33. The van der Waals surface area contributed by atoms with Crippen molar-refractivity contribution in [1.29, 1.82) is 0 Å². The zero-order valence-corrected chi connectivity index (χ0v) is 8.61. The molecule has 1 aliphatic rings. The van der Waals surface area contributed by atoms with Crippen LogP contribution < -0.4 is 4.90 Å². The van der Waals surface area contributed by atoms with Crippen LogP contribution in [0.2, 0.25) is 5.02 Å². The molecule has 14 heavy (non-hydrogen) atoms. The highest BCUT2D eigenvalue weighted by Gasteiger charge is 2.22. The van der Waals surface area contributed by atoms with Gasteiger partial charge in [-0.2, -0.15) is 0 Å². The van der Waals surface area contributed by atoms with E-state index in [-0.39, 0.29) is 6.61 Å². The number of nitrogens with zero attached hydrogens (tertiary/aromatic N) is 2. The zero-order chi connectivity index (χ0) is 9.97. The van der Waals surface area contributed by atoms with Gasteiger partial charge >= 0.3 is 0 Å². The molecule has 0 aromatic carbocycles. The molecule has 0 radical (unpaired) electrons. The van der Waals surface area contributed by atoms with E-state index in [0.29, 0.717) is 10.9 Å². The molecule has 4 heteroatoms. The first-order valence-electron chi connectivity index (χ1n) is 4.76. The molecule has 1 unspecified atom stereocenters. The van der Waals surface area contributed by atoms with Crippen molar-refractivity contribution in [1.82, 2.24) is 4.98 Å². The van der Waals surface area contributed by atoms with E-state index in [9.17, 15) is 0 Å². The van der Waals surface area contributed by atoms with Crippen LogP contribution in [0.15, 0.2) is 18.5 Å². The molecule has 1 saturated heterocycles. The Hall–Kier alpha value is -0.800. The normalized spacial score (nSPS) is 21.6. The van der Waals surface area contributed by atoms with Gasteiger partial charge in [0, 0.05) is 38.0 Å². The molecule has 2 rings (SSSR count). The molecule has 1 aliphatic heterocycles. The standard InChI is InChI=1S/C10H13ClN2O/c11-9-5-12-3-1-10(9)13-4-2-8(6-13)7-14/h1,3,5,8,14H,2,4,6-7H2. The maximum atomic E-state index is 9.03. The van der Waals surface area contributed by atoms with Crippen molar-refractivity contribution in [3.05, 3.63) is 23.5 Å². The van der Waals surface area contributed by atoms with Crippen LogP contribution in [-0.2, 0) is 0 Å². The van der Waals surface area contributed by atoms with Gasteiger partial charge in [-0.1, -0.05) is 11.6 Å². The molecule has 2 heterocycles. The van der Waals surface area contributed by atoms with Gasteiger partial charge in [-0.3, -0.25) is 4.98 Å². The number of pyridine rings is 1. The van der Waals surface area contributed by atoms with Crippen molar-refractivity contribution in [2.24, 2.45) is 5.92 Å². The first-order valence-corrected chi connectivity index (χ1v) is 5.14. The number of aliphatic hydroxyl groups excluding tert-OH is 1. The van der Waals surface area contributed by atoms with Gasteiger partial charge < -0.3 is 10.0 Å². The monoisotopic (exact) mass is 212 g/mol. The molecule has 1 atom stereocenters. The highest BCUT2D eigenvalue weighted by Crippen LogP contribution is 2.28. The van der Waals surface area contributed by atoms with Crippen LogP contribution in [0.3, 0.4) is 0 Å². The lowest BCUT2D eigenvalue weighted by Gasteiger charge is -2.19. The Bertz CT molecular complexity index is 319. The third-order valence-corrected chi connectivity index (χ3v) is 2.93. The van der Waals surface area contributed by atoms with Crippen molar-refractivity contribution in [2.45, 2.75) is 6.42 Å². The second-order valence-corrected chi connectivity index (χ2v) is 4.02. The Balaban J connectivity index is 2.13. The lowest BCUT2D eigenvalue weighted by Crippen LogP contribution is -2.20. The van der Waals surface area contributed by atoms with E-state index < -0.39 is 0 Å². The topological polar surface area (TPSA) is 36.4 Å². The number of halogens is 1. The number of hydrogen-bond donors (Lipinski definition) is 1. The van der Waals surface area contributed by atoms with Crippen LogP contribution in [0, 0.1) is 5.92 Å². The average molecular weight is 213 g/mol. The summed E-state index contributed by atoms with van der Waals surface area (Å²) in [4.78, 5) is 6.15. The van der Waals surface area contributed by atoms with Gasteiger partial charge in [0.15, 0.2) is 0 Å². The fourth-order valence-corrected chi connectivity index (χ4v) is 2.06. The van der Waals surface area contributed by atoms with Gasteiger partial charge in [0.05, 0.1) is 10.7 Å². The lowest BCUT2D eigenvalue weighted by atomic mass is 10.1. The summed E-state index contributed by atoms with van der Waals surface area (Å²) in [6.07, 6.45) is 4.44. The van der Waals surface area contributed by atoms with E-state index in [2.05, 4.69) is 9.88 Å². The predicted molar refractivity (Wildman–Crippen MR) is 56.7 cm³/mol. The Morgan fingerprint density at radius 1 is 1.64 bits per heavy atom. The van der Waals surface area contributed by atoms with Crippen molar-refractivity contribution in [3.8, 4) is 0 Å². The summed E-state index contributed by atoms with van der Waals surface area (Å²) in [7, 11) is 0. The Labute approximate surface area is 88.3 Å². The minimum absolute atomic E-state index is 0.263. The lowest BCUT2D eigenvalue weighted by molar-refractivity contribution is 0.238. The Morgan fingerprint density at radius 2 is 2.50 bits per heavy atom. The molecular formula is C10H13ClN2O. The van der Waals surface area contributed by atoms with Crippen LogP contribution in [0.1, 0.15) is 6.42 Å². The summed E-state index contributed by atoms with van der Waals surface area (Å²) in [5, 5.41) is 9.71. The summed E-state index contributed by atoms with van der Waals surface area (Å²) < 4.78 is 0. The Morgan fingerprint density at radius 3 is 3.14 bits per heavy atom. The molecule has 0 spiro atoms. The second kappa shape index (κ2) is 4.15. The van der Waals surface area contributed by atoms with Gasteiger partial charge in [0.2, 0.25) is 0 Å². The minimum Gasteiger partial charge on any atom is -0.396 e. The van der Waals surface area contributed by atoms with Gasteiger partial charge in [-0.15, -0.1) is 0 Å². The van der Waals surface area contributed by atoms with E-state index >= 15 is 0 Å². The molecular weight excluding hydrogens is 200 g/mol. The van der Waals surface area contributed by atoms with E-state index in [4.69, 9.17) is 16.7 Å². The van der Waals surface area contributed by atoms with Gasteiger partial charge in [0.25, 0.3) is 0 Å². The number of aromatic nitrogens is 1. The van der Waals surface area contributed by atoms with Crippen LogP contribution >= 0.6 is 11.6 Å². The summed E-state index contributed by atoms with van der Waals surface area (Å²) in [5.41, 5.74) is 1.03. The molecule has 0 bridgehead atoms. The fourth-order valence-electron chi connectivity index (χ4n) is 1.82. The molecule has 0 saturated carbocycles. The first-order chi connectivity index (χ1) is 6.81. The largest absolute Gasteiger partial charge is 0.396 e. The van der Waals surface area contributed by atoms with Crippen molar-refractivity contribution in [2.75, 3.05) is 24.6 Å². The van der Waals surface area contributed by atoms with Crippen molar-refractivity contribution < 1.29 is 5.11 Å². The number of hydrogen-bond acceptors (Lipinski definition) is 3. The first kappa shape index (κ1) is 9.74. The number of anilines is 1. The van der Waals surface area contributed by atoms with Crippen LogP contribution in [-0.4, -0.2) is 29.8 Å². The third kappa shape index (κ3) is 1.83. The quantitative estimate of drug-likeness (QED) is 0.808. The van der Waals surface area contributed by atoms with Crippen LogP contribution in [0.25, 0.3) is 0 Å². The zero-order valence-electron chi connectivity index (χ0n) is 7.86. The van der Waals surface area contributed by atoms with E-state index in [1.54, 1.807) is 12.4 Å². The van der Waals surface area contributed by atoms with Crippen molar-refractivity contribution in [3.63, 3.8) is 0 Å². The summed E-state index contributed by atoms with van der Waals surface area (Å²) in [6, 6.07) is 1.92. The minimum atomic E-state index is 0.263. The second-order valence-electron chi connectivity index (χ2n) is 3.61. The third-order valence-electron chi connectivity index (χ3n) is 2.64. The van der Waals surface area contributed by atoms with Gasteiger partial charge in [-0.25, -0.2) is 0 Å². The van der Waals surface area contributed by atoms with E-state index in [1.807, 2.05) is 6.07 Å². The number of aliphatic hydroxyl groups is 1. The molecule has 0 aliphatic carbocycles. The fraction of sp³-hybridized carbons (Fsp3) is 0.500. The summed E-state index contributed by atoms with van der Waals surface area (Å²) >= 11 is 6.03. The SMILES string of the molecule is OCC1CCN(c2ccncc2Cl)C1. The summed E-state index contributed by atoms with van der Waals surface area (Å²) in [5.74, 6) is 0.388. The van der Waals surface area contributed by atoms with Gasteiger partial charge in [0.1, 0.15) is 0 Å². The van der Waals surface area contributed by atoms with E-state index in [1.165, 1.54) is 0 Å². The van der Waals surface area contributed by atoms with Crippen LogP contribution in [0.4, 0.5) is 5.69 Å². The number of rotatable bonds is 2. The van der Waals surface area contributed by atoms with E-state index in [0.717, 1.165) is 25.2 Å². The predicted octanol–water partition coefficient (Wildman–Crippen LogP) is 1.55. The molecule has 1 fully saturated rings. The molecule has 1 aromatic rings.